The minimum atomic E-state index is -3.36. The Morgan fingerprint density at radius 1 is 1.05 bits per heavy atom. The van der Waals surface area contributed by atoms with Gasteiger partial charge in [0, 0.05) is 29.5 Å². The van der Waals surface area contributed by atoms with E-state index in [0.29, 0.717) is 4.90 Å². The van der Waals surface area contributed by atoms with Crippen molar-refractivity contribution in [2.75, 3.05) is 0 Å². The van der Waals surface area contributed by atoms with Crippen LogP contribution in [0.4, 0.5) is 0 Å². The predicted octanol–water partition coefficient (Wildman–Crippen LogP) is 2.54. The number of nitrogens with one attached hydrogen (secondary N) is 1. The summed E-state index contributed by atoms with van der Waals surface area (Å²) in [6.07, 6.45) is 4.75. The molecule has 0 unspecified atom stereocenters. The number of aromatic nitrogens is 2. The molecule has 1 N–H and O–H groups in total. The molecule has 0 amide bonds. The Kier molecular flexibility index (Phi) is 2.83. The minimum absolute atomic E-state index is 0.0165. The molecule has 19 heavy (non-hydrogen) atoms. The number of benzene rings is 1. The fourth-order valence-corrected chi connectivity index (χ4v) is 3.62. The largest absolute Gasteiger partial charge is 0.360 e. The van der Waals surface area contributed by atoms with Crippen LogP contribution in [-0.2, 0) is 15.6 Å². The van der Waals surface area contributed by atoms with Crippen molar-refractivity contribution < 1.29 is 8.42 Å². The molecule has 1 aromatic carbocycles. The maximum atomic E-state index is 12.4. The van der Waals surface area contributed by atoms with Crippen molar-refractivity contribution in [1.82, 2.24) is 9.97 Å². The van der Waals surface area contributed by atoms with Crippen LogP contribution >= 0.6 is 0 Å². The number of hydrogen-bond donors (Lipinski definition) is 1. The Morgan fingerprint density at radius 3 is 2.58 bits per heavy atom. The van der Waals surface area contributed by atoms with Gasteiger partial charge in [-0.2, -0.15) is 0 Å². The van der Waals surface area contributed by atoms with E-state index in [-0.39, 0.29) is 5.75 Å². The predicted molar refractivity (Wildman–Crippen MR) is 73.4 cm³/mol. The van der Waals surface area contributed by atoms with Gasteiger partial charge in [0.2, 0.25) is 0 Å². The number of H-pyrrole nitrogens is 1. The first-order chi connectivity index (χ1) is 9.17. The second-order valence-corrected chi connectivity index (χ2v) is 6.27. The summed E-state index contributed by atoms with van der Waals surface area (Å²) in [7, 11) is -3.36. The van der Waals surface area contributed by atoms with E-state index >= 15 is 0 Å². The van der Waals surface area contributed by atoms with Crippen LogP contribution in [-0.4, -0.2) is 18.4 Å². The molecular formula is C14H12N2O2S. The highest BCUT2D eigenvalue weighted by molar-refractivity contribution is 7.90. The molecule has 0 saturated heterocycles. The molecule has 0 aliphatic heterocycles. The summed E-state index contributed by atoms with van der Waals surface area (Å²) in [5.41, 5.74) is 1.57. The van der Waals surface area contributed by atoms with E-state index in [4.69, 9.17) is 0 Å². The number of sulfone groups is 1. The lowest BCUT2D eigenvalue weighted by molar-refractivity contribution is 0.596. The van der Waals surface area contributed by atoms with Gasteiger partial charge < -0.3 is 4.98 Å². The van der Waals surface area contributed by atoms with Gasteiger partial charge in [0.25, 0.3) is 0 Å². The molecule has 2 aromatic heterocycles. The highest BCUT2D eigenvalue weighted by atomic mass is 32.2. The zero-order valence-corrected chi connectivity index (χ0v) is 10.9. The van der Waals surface area contributed by atoms with Gasteiger partial charge in [-0.1, -0.05) is 18.2 Å². The van der Waals surface area contributed by atoms with Gasteiger partial charge in [-0.25, -0.2) is 8.42 Å². The molecule has 0 aliphatic rings. The van der Waals surface area contributed by atoms with Gasteiger partial charge >= 0.3 is 0 Å². The van der Waals surface area contributed by atoms with Crippen LogP contribution < -0.4 is 0 Å². The standard InChI is InChI=1S/C14H12N2O2S/c17-19(18,10-11-5-7-15-8-6-11)14-9-16-13-4-2-1-3-12(13)14/h1-9,16H,10H2. The maximum absolute atomic E-state index is 12.4. The highest BCUT2D eigenvalue weighted by Gasteiger charge is 2.19. The molecule has 4 nitrogen and oxygen atoms in total. The molecule has 0 fully saturated rings. The van der Waals surface area contributed by atoms with Crippen LogP contribution in [0.5, 0.6) is 0 Å². The van der Waals surface area contributed by atoms with Crippen LogP contribution in [0.3, 0.4) is 0 Å². The van der Waals surface area contributed by atoms with Crippen molar-refractivity contribution in [1.29, 1.82) is 0 Å². The van der Waals surface area contributed by atoms with Gasteiger partial charge in [0.1, 0.15) is 0 Å². The van der Waals surface area contributed by atoms with Gasteiger partial charge in [0.05, 0.1) is 10.6 Å². The monoisotopic (exact) mass is 272 g/mol. The molecule has 0 spiro atoms. The molecule has 96 valence electrons. The third kappa shape index (κ3) is 2.24. The molecule has 0 radical (unpaired) electrons. The van der Waals surface area contributed by atoms with Crippen molar-refractivity contribution in [3.63, 3.8) is 0 Å². The van der Waals surface area contributed by atoms with Crippen LogP contribution in [0.15, 0.2) is 59.9 Å². The summed E-state index contributed by atoms with van der Waals surface area (Å²) in [5, 5.41) is 0.733. The molecule has 2 heterocycles. The van der Waals surface area contributed by atoms with Crippen molar-refractivity contribution >= 4 is 20.7 Å². The number of nitrogens with zero attached hydrogens (tertiary/aromatic N) is 1. The zero-order chi connectivity index (χ0) is 13.3. The number of para-hydroxylation sites is 1. The summed E-state index contributed by atoms with van der Waals surface area (Å²) in [6.45, 7) is 0. The van der Waals surface area contributed by atoms with Crippen LogP contribution in [0.25, 0.3) is 10.9 Å². The second kappa shape index (κ2) is 4.51. The Bertz CT molecular complexity index is 808. The third-order valence-electron chi connectivity index (χ3n) is 2.99. The van der Waals surface area contributed by atoms with Crippen molar-refractivity contribution in [2.45, 2.75) is 10.6 Å². The van der Waals surface area contributed by atoms with Gasteiger partial charge in [-0.05, 0) is 23.8 Å². The Balaban J connectivity index is 2.05. The SMILES string of the molecule is O=S(=O)(Cc1ccncc1)c1c[nH]c2ccccc12. The Morgan fingerprint density at radius 2 is 1.79 bits per heavy atom. The summed E-state index contributed by atoms with van der Waals surface area (Å²) >= 11 is 0. The zero-order valence-electron chi connectivity index (χ0n) is 10.1. The molecule has 0 bridgehead atoms. The summed E-state index contributed by atoms with van der Waals surface area (Å²) in [6, 6.07) is 10.8. The lowest BCUT2D eigenvalue weighted by Gasteiger charge is -2.03. The van der Waals surface area contributed by atoms with Crippen molar-refractivity contribution in [2.24, 2.45) is 0 Å². The molecule has 5 heteroatoms. The summed E-state index contributed by atoms with van der Waals surface area (Å²) in [4.78, 5) is 7.22. The number of aromatic amines is 1. The van der Waals surface area contributed by atoms with E-state index in [0.717, 1.165) is 16.5 Å². The smallest absolute Gasteiger partial charge is 0.184 e. The van der Waals surface area contributed by atoms with Gasteiger partial charge in [-0.15, -0.1) is 0 Å². The van der Waals surface area contributed by atoms with Crippen molar-refractivity contribution in [3.05, 3.63) is 60.6 Å². The topological polar surface area (TPSA) is 62.8 Å². The lowest BCUT2D eigenvalue weighted by atomic mass is 10.2. The molecule has 3 rings (SSSR count). The normalized spacial score (nSPS) is 11.8. The van der Waals surface area contributed by atoms with E-state index in [1.807, 2.05) is 24.3 Å². The van der Waals surface area contributed by atoms with E-state index in [1.54, 1.807) is 30.7 Å². The first-order valence-corrected chi connectivity index (χ1v) is 7.50. The van der Waals surface area contributed by atoms with E-state index in [1.165, 1.54) is 0 Å². The lowest BCUT2D eigenvalue weighted by Crippen LogP contribution is -2.04. The third-order valence-corrected chi connectivity index (χ3v) is 4.71. The van der Waals surface area contributed by atoms with Crippen LogP contribution in [0.2, 0.25) is 0 Å². The Hall–Kier alpha value is -2.14. The maximum Gasteiger partial charge on any atom is 0.184 e. The first kappa shape index (κ1) is 11.9. The van der Waals surface area contributed by atoms with E-state index in [2.05, 4.69) is 9.97 Å². The highest BCUT2D eigenvalue weighted by Crippen LogP contribution is 2.25. The van der Waals surface area contributed by atoms with Crippen molar-refractivity contribution in [3.8, 4) is 0 Å². The fraction of sp³-hybridized carbons (Fsp3) is 0.0714. The van der Waals surface area contributed by atoms with E-state index < -0.39 is 9.84 Å². The van der Waals surface area contributed by atoms with Crippen LogP contribution in [0, 0.1) is 0 Å². The number of hydrogen-bond acceptors (Lipinski definition) is 3. The average molecular weight is 272 g/mol. The molecule has 0 aliphatic carbocycles. The Labute approximate surface area is 111 Å². The van der Waals surface area contributed by atoms with E-state index in [9.17, 15) is 8.42 Å². The second-order valence-electron chi connectivity index (χ2n) is 4.31. The first-order valence-electron chi connectivity index (χ1n) is 5.84. The molecule has 0 saturated carbocycles. The number of pyridine rings is 1. The number of fused-ring (bicyclic) bond motifs is 1. The number of rotatable bonds is 3. The summed E-state index contributed by atoms with van der Waals surface area (Å²) < 4.78 is 24.9. The van der Waals surface area contributed by atoms with Gasteiger partial charge in [-0.3, -0.25) is 4.98 Å². The van der Waals surface area contributed by atoms with Crippen LogP contribution in [0.1, 0.15) is 5.56 Å². The molecule has 3 aromatic rings. The summed E-state index contributed by atoms with van der Waals surface area (Å²) in [5.74, 6) is -0.0165. The molecule has 0 atom stereocenters. The quantitative estimate of drug-likeness (QED) is 0.797. The minimum Gasteiger partial charge on any atom is -0.360 e. The average Bonchev–Trinajstić information content (AvgIpc) is 2.84. The molecular weight excluding hydrogens is 260 g/mol. The fourth-order valence-electron chi connectivity index (χ4n) is 2.08. The van der Waals surface area contributed by atoms with Gasteiger partial charge in [0.15, 0.2) is 9.84 Å².